The van der Waals surface area contributed by atoms with Gasteiger partial charge in [-0.3, -0.25) is 4.79 Å². The molecular weight excluding hydrogens is 608 g/mol. The normalized spacial score (nSPS) is 41.4. The molecule has 8 nitrogen and oxygen atoms in total. The molecule has 5 aliphatic rings. The summed E-state index contributed by atoms with van der Waals surface area (Å²) >= 11 is 0. The van der Waals surface area contributed by atoms with Gasteiger partial charge in [-0.2, -0.15) is 0 Å². The first-order valence-electron chi connectivity index (χ1n) is 17.7. The number of methoxy groups -OCH3 is 1. The molecule has 3 saturated carbocycles. The molecule has 8 heteroatoms. The summed E-state index contributed by atoms with van der Waals surface area (Å²) < 4.78 is 24.9. The molecule has 12 atom stereocenters. The maximum absolute atomic E-state index is 15.6. The quantitative estimate of drug-likeness (QED) is 0.191. The second-order valence-electron chi connectivity index (χ2n) is 15.5. The first-order chi connectivity index (χ1) is 23.1. The second-order valence-corrected chi connectivity index (χ2v) is 15.5. The average molecular weight is 659 g/mol. The summed E-state index contributed by atoms with van der Waals surface area (Å²) in [6.07, 6.45) is 0.923. The van der Waals surface area contributed by atoms with Crippen molar-refractivity contribution in [3.05, 3.63) is 83.4 Å². The van der Waals surface area contributed by atoms with Crippen molar-refractivity contribution in [3.8, 4) is 0 Å². The minimum atomic E-state index is -1.35. The molecule has 4 fully saturated rings. The number of aliphatic hydroxyl groups excluding tert-OH is 2. The van der Waals surface area contributed by atoms with Gasteiger partial charge in [0.2, 0.25) is 0 Å². The lowest BCUT2D eigenvalue weighted by molar-refractivity contribution is -0.307. The highest BCUT2D eigenvalue weighted by Crippen LogP contribution is 2.83. The summed E-state index contributed by atoms with van der Waals surface area (Å²) in [6, 6.07) is 19.5. The molecule has 4 bridgehead atoms. The highest BCUT2D eigenvalue weighted by atomic mass is 16.7. The molecule has 0 unspecified atom stereocenters. The van der Waals surface area contributed by atoms with Crippen LogP contribution in [0.4, 0.5) is 0 Å². The molecule has 258 valence electrons. The number of allylic oxidation sites excluding steroid dienone is 1. The zero-order valence-corrected chi connectivity index (χ0v) is 28.7. The number of aldehydes is 1. The maximum atomic E-state index is 15.6. The third-order valence-corrected chi connectivity index (χ3v) is 13.1. The second kappa shape index (κ2) is 12.5. The summed E-state index contributed by atoms with van der Waals surface area (Å²) in [7, 11) is 1.48. The third kappa shape index (κ3) is 4.59. The van der Waals surface area contributed by atoms with Gasteiger partial charge in [-0.1, -0.05) is 99.5 Å². The van der Waals surface area contributed by atoms with E-state index < -0.39 is 53.1 Å². The van der Waals surface area contributed by atoms with E-state index in [4.69, 9.17) is 18.9 Å². The van der Waals surface area contributed by atoms with Crippen LogP contribution < -0.4 is 0 Å². The summed E-state index contributed by atoms with van der Waals surface area (Å²) in [5.74, 6) is 0.169. The first kappa shape index (κ1) is 33.6. The zero-order valence-electron chi connectivity index (χ0n) is 28.7. The Balaban J connectivity index is 1.35. The van der Waals surface area contributed by atoms with Gasteiger partial charge in [-0.25, -0.2) is 0 Å². The molecule has 2 N–H and O–H groups in total. The fraction of sp³-hybridized carbons (Fsp3) is 0.600. The number of carbonyl (C=O) groups excluding carboxylic acids is 2. The Morgan fingerprint density at radius 2 is 1.62 bits per heavy atom. The molecular formula is C40H50O8. The molecule has 7 rings (SSSR count). The van der Waals surface area contributed by atoms with E-state index in [-0.39, 0.29) is 36.2 Å². The largest absolute Gasteiger partial charge is 0.452 e. The van der Waals surface area contributed by atoms with Crippen LogP contribution in [0.15, 0.2) is 72.3 Å². The van der Waals surface area contributed by atoms with Crippen LogP contribution in [0.3, 0.4) is 0 Å². The predicted molar refractivity (Wildman–Crippen MR) is 178 cm³/mol. The molecule has 48 heavy (non-hydrogen) atoms. The number of benzene rings is 2. The number of aliphatic hydroxyl groups is 2. The van der Waals surface area contributed by atoms with Crippen molar-refractivity contribution >= 4 is 12.3 Å². The van der Waals surface area contributed by atoms with Gasteiger partial charge in [0.25, 0.3) is 0 Å². The smallest absolute Gasteiger partial charge is 0.318 e. The lowest BCUT2D eigenvalue weighted by atomic mass is 9.43. The van der Waals surface area contributed by atoms with E-state index in [0.29, 0.717) is 18.8 Å². The Morgan fingerprint density at radius 1 is 0.979 bits per heavy atom. The Morgan fingerprint density at radius 3 is 2.21 bits per heavy atom. The third-order valence-electron chi connectivity index (χ3n) is 13.1. The topological polar surface area (TPSA) is 112 Å². The highest BCUT2D eigenvalue weighted by Gasteiger charge is 2.84. The molecule has 0 amide bonds. The summed E-state index contributed by atoms with van der Waals surface area (Å²) in [5.41, 5.74) is -0.375. The minimum absolute atomic E-state index is 0.0235. The average Bonchev–Trinajstić information content (AvgIpc) is 3.66. The lowest BCUT2D eigenvalue weighted by Gasteiger charge is -2.59. The van der Waals surface area contributed by atoms with Crippen molar-refractivity contribution in [2.45, 2.75) is 90.2 Å². The zero-order chi connectivity index (χ0) is 34.0. The predicted octanol–water partition coefficient (Wildman–Crippen LogP) is 5.66. The number of hydrogen-bond donors (Lipinski definition) is 2. The van der Waals surface area contributed by atoms with Crippen LogP contribution in [0.25, 0.3) is 0 Å². The molecule has 2 aromatic carbocycles. The van der Waals surface area contributed by atoms with Crippen LogP contribution in [0.5, 0.6) is 0 Å². The summed E-state index contributed by atoms with van der Waals surface area (Å²) in [4.78, 5) is 29.6. The van der Waals surface area contributed by atoms with Gasteiger partial charge in [-0.05, 0) is 66.9 Å². The van der Waals surface area contributed by atoms with Crippen LogP contribution in [-0.4, -0.2) is 66.9 Å². The van der Waals surface area contributed by atoms with Gasteiger partial charge in [0.1, 0.15) is 30.0 Å². The van der Waals surface area contributed by atoms with Crippen LogP contribution in [-0.2, 0) is 28.5 Å². The van der Waals surface area contributed by atoms with Gasteiger partial charge in [-0.15, -0.1) is 0 Å². The van der Waals surface area contributed by atoms with Gasteiger partial charge < -0.3 is 34.0 Å². The Labute approximate surface area is 283 Å². The molecule has 0 aromatic heterocycles. The highest BCUT2D eigenvalue weighted by molar-refractivity contribution is 5.92. The fourth-order valence-electron chi connectivity index (χ4n) is 11.1. The monoisotopic (exact) mass is 658 g/mol. The van der Waals surface area contributed by atoms with Crippen LogP contribution in [0, 0.1) is 45.8 Å². The minimum Gasteiger partial charge on any atom is -0.452 e. The molecule has 0 radical (unpaired) electrons. The van der Waals surface area contributed by atoms with Crippen molar-refractivity contribution in [2.24, 2.45) is 45.8 Å². The van der Waals surface area contributed by atoms with E-state index in [1.807, 2.05) is 60.7 Å². The van der Waals surface area contributed by atoms with E-state index in [1.54, 1.807) is 6.92 Å². The first-order valence-corrected chi connectivity index (χ1v) is 17.7. The van der Waals surface area contributed by atoms with Gasteiger partial charge >= 0.3 is 5.97 Å². The SMILES string of the molecule is CO[C@H]1[C@@H](O)[C@H](O)[C@H](OC[C@@]23C[C@@H]4[C@H](C)CC[C@H]4[C@@]4(C=O)C[C@@H]2C=C(C(C)C)[C@@]34C(=O)OC(c2ccccc2)c2ccccc2)O[C@@H]1C. The van der Waals surface area contributed by atoms with E-state index in [9.17, 15) is 15.0 Å². The Kier molecular flexibility index (Phi) is 8.73. The van der Waals surface area contributed by atoms with Crippen LogP contribution in [0.1, 0.15) is 70.6 Å². The standard InChI is InChI=1S/C40H50O8/c1-23(2)31-18-28-19-38(21-41)30-17-16-24(3)29(30)20-39(28,22-46-36-33(43)32(42)34(45-5)25(4)47-36)40(31,38)37(44)48-35(26-12-8-6-9-13-26)27-14-10-7-11-15-27/h6-15,18,21,23-25,28-30,32-36,42-43H,16-17,19-20,22H2,1-5H3/t24-,25-,28+,29-,30-,32+,33+,34-,36-,38+,39+,40+/m1/s1. The lowest BCUT2D eigenvalue weighted by Crippen LogP contribution is -2.65. The Bertz CT molecular complexity index is 1490. The summed E-state index contributed by atoms with van der Waals surface area (Å²) in [6.45, 7) is 8.32. The van der Waals surface area contributed by atoms with Gasteiger partial charge in [0.15, 0.2) is 12.4 Å². The van der Waals surface area contributed by atoms with E-state index in [0.717, 1.165) is 35.8 Å². The molecule has 1 aliphatic heterocycles. The molecule has 2 aromatic rings. The van der Waals surface area contributed by atoms with E-state index >= 15 is 4.79 Å². The van der Waals surface area contributed by atoms with E-state index in [1.165, 1.54) is 7.11 Å². The number of fused-ring (bicyclic) bond motifs is 2. The molecule has 4 aliphatic carbocycles. The van der Waals surface area contributed by atoms with Crippen molar-refractivity contribution in [3.63, 3.8) is 0 Å². The van der Waals surface area contributed by atoms with Gasteiger partial charge in [0, 0.05) is 12.5 Å². The number of ether oxygens (including phenoxy) is 4. The fourth-order valence-corrected chi connectivity index (χ4v) is 11.1. The Hall–Kier alpha value is -2.88. The van der Waals surface area contributed by atoms with Crippen molar-refractivity contribution in [1.82, 2.24) is 0 Å². The molecule has 1 saturated heterocycles. The molecule has 0 spiro atoms. The van der Waals surface area contributed by atoms with Crippen molar-refractivity contribution < 1.29 is 38.7 Å². The van der Waals surface area contributed by atoms with Crippen LogP contribution >= 0.6 is 0 Å². The van der Waals surface area contributed by atoms with Crippen molar-refractivity contribution in [1.29, 1.82) is 0 Å². The van der Waals surface area contributed by atoms with Gasteiger partial charge in [0.05, 0.1) is 18.1 Å². The number of hydrogen-bond acceptors (Lipinski definition) is 8. The number of rotatable bonds is 10. The number of carbonyl (C=O) groups is 2. The van der Waals surface area contributed by atoms with E-state index in [2.05, 4.69) is 26.8 Å². The number of esters is 1. The molecule has 1 heterocycles. The summed E-state index contributed by atoms with van der Waals surface area (Å²) in [5, 5.41) is 22.0. The van der Waals surface area contributed by atoms with Crippen molar-refractivity contribution in [2.75, 3.05) is 13.7 Å². The van der Waals surface area contributed by atoms with Crippen LogP contribution in [0.2, 0.25) is 0 Å². The maximum Gasteiger partial charge on any atom is 0.318 e.